The van der Waals surface area contributed by atoms with Crippen LogP contribution in [0.2, 0.25) is 0 Å². The molecule has 0 N–H and O–H groups in total. The highest BCUT2D eigenvalue weighted by molar-refractivity contribution is 5.19. The summed E-state index contributed by atoms with van der Waals surface area (Å²) in [7, 11) is 0. The van der Waals surface area contributed by atoms with Crippen LogP contribution in [0.15, 0.2) is 91.0 Å². The van der Waals surface area contributed by atoms with Crippen LogP contribution in [0.4, 0.5) is 0 Å². The summed E-state index contributed by atoms with van der Waals surface area (Å²) in [6.45, 7) is -0.615. The Kier molecular flexibility index (Phi) is 4.20. The van der Waals surface area contributed by atoms with Gasteiger partial charge in [0.05, 0.1) is 0 Å². The monoisotopic (exact) mass is 289 g/mol. The van der Waals surface area contributed by atoms with Crippen LogP contribution in [0.1, 0.15) is 19.4 Å². The number of hydrogen-bond acceptors (Lipinski definition) is 1. The van der Waals surface area contributed by atoms with Gasteiger partial charge < -0.3 is 0 Å². The predicted octanol–water partition coefficient (Wildman–Crippen LogP) is 4.89. The van der Waals surface area contributed by atoms with E-state index in [9.17, 15) is 0 Å². The van der Waals surface area contributed by atoms with Gasteiger partial charge in [-0.15, -0.1) is 0 Å². The summed E-state index contributed by atoms with van der Waals surface area (Å²) in [6, 6.07) is 29.5. The van der Waals surface area contributed by atoms with E-state index in [0.717, 1.165) is 16.7 Å². The summed E-state index contributed by atoms with van der Waals surface area (Å²) in [4.78, 5) is 1.90. The fourth-order valence-electron chi connectivity index (χ4n) is 2.38. The van der Waals surface area contributed by atoms with Crippen LogP contribution in [0, 0.1) is 0 Å². The lowest BCUT2D eigenvalue weighted by Crippen LogP contribution is -2.22. The minimum atomic E-state index is -0.589. The molecule has 0 heterocycles. The van der Waals surface area contributed by atoms with Gasteiger partial charge in [0.2, 0.25) is 0 Å². The molecule has 0 aliphatic carbocycles. The predicted molar refractivity (Wildman–Crippen MR) is 92.3 cm³/mol. The molecule has 0 spiro atoms. The van der Waals surface area contributed by atoms with Gasteiger partial charge in [-0.05, 0) is 16.7 Å². The molecule has 2 unspecified atom stereocenters. The molecule has 0 fully saturated rings. The first-order valence-corrected chi connectivity index (χ1v) is 7.50. The third kappa shape index (κ3) is 4.31. The zero-order chi connectivity index (χ0) is 16.8. The molecule has 1 nitrogen and oxygen atoms in total. The minimum absolute atomic E-state index is 0.562. The fourth-order valence-corrected chi connectivity index (χ4v) is 2.38. The number of hydrogen-bond donors (Lipinski definition) is 0. The quantitative estimate of drug-likeness (QED) is 0.624. The third-order valence-electron chi connectivity index (χ3n) is 3.44. The number of benzene rings is 3. The van der Waals surface area contributed by atoms with Crippen LogP contribution >= 0.6 is 0 Å². The van der Waals surface area contributed by atoms with E-state index in [1.807, 2.05) is 95.9 Å². The smallest absolute Gasteiger partial charge is 0.0482 e. The van der Waals surface area contributed by atoms with Gasteiger partial charge in [-0.25, -0.2) is 0 Å². The summed E-state index contributed by atoms with van der Waals surface area (Å²) < 4.78 is 17.4. The summed E-state index contributed by atoms with van der Waals surface area (Å²) in [5.41, 5.74) is 2.92. The summed E-state index contributed by atoms with van der Waals surface area (Å²) >= 11 is 0. The highest BCUT2D eigenvalue weighted by Gasteiger charge is 2.08. The molecule has 3 rings (SSSR count). The van der Waals surface area contributed by atoms with E-state index in [4.69, 9.17) is 2.74 Å². The van der Waals surface area contributed by atoms with Crippen molar-refractivity contribution in [1.29, 1.82) is 0 Å². The van der Waals surface area contributed by atoms with Crippen LogP contribution in [-0.4, -0.2) is 4.90 Å². The van der Waals surface area contributed by atoms with E-state index in [0.29, 0.717) is 6.54 Å². The van der Waals surface area contributed by atoms with Crippen LogP contribution in [0.25, 0.3) is 0 Å². The molecule has 0 saturated carbocycles. The highest BCUT2D eigenvalue weighted by atomic mass is 15.1. The number of nitrogens with zero attached hydrogens (tertiary/aromatic N) is 1. The molecule has 2 atom stereocenters. The second kappa shape index (κ2) is 7.58. The summed E-state index contributed by atoms with van der Waals surface area (Å²) in [5.74, 6) is 0. The Balaban J connectivity index is 1.91. The molecule has 0 saturated heterocycles. The van der Waals surface area contributed by atoms with E-state index < -0.39 is 13.0 Å². The second-order valence-corrected chi connectivity index (χ2v) is 5.24. The van der Waals surface area contributed by atoms with Crippen molar-refractivity contribution in [2.75, 3.05) is 0 Å². The Morgan fingerprint density at radius 3 is 1.32 bits per heavy atom. The molecular formula is C21H21N. The maximum Gasteiger partial charge on any atom is 0.0482 e. The van der Waals surface area contributed by atoms with Gasteiger partial charge in [-0.1, -0.05) is 91.0 Å². The average Bonchev–Trinajstić information content (AvgIpc) is 2.67. The zero-order valence-corrected chi connectivity index (χ0v) is 12.5. The number of rotatable bonds is 6. The minimum Gasteiger partial charge on any atom is -0.291 e. The van der Waals surface area contributed by atoms with E-state index in [2.05, 4.69) is 0 Å². The molecule has 22 heavy (non-hydrogen) atoms. The Morgan fingerprint density at radius 1 is 0.545 bits per heavy atom. The molecule has 0 aromatic heterocycles. The molecule has 0 aliphatic heterocycles. The molecule has 3 aromatic carbocycles. The highest BCUT2D eigenvalue weighted by Crippen LogP contribution is 2.14. The van der Waals surface area contributed by atoms with Crippen LogP contribution < -0.4 is 0 Å². The largest absolute Gasteiger partial charge is 0.291 e. The lowest BCUT2D eigenvalue weighted by Gasteiger charge is -2.23. The molecule has 3 aromatic rings. The topological polar surface area (TPSA) is 3.24 Å². The molecule has 1 heteroatoms. The maximum absolute atomic E-state index is 8.71. The lowest BCUT2D eigenvalue weighted by atomic mass is 10.1. The third-order valence-corrected chi connectivity index (χ3v) is 3.44. The normalized spacial score (nSPS) is 15.0. The van der Waals surface area contributed by atoms with Gasteiger partial charge in [0.25, 0.3) is 0 Å². The van der Waals surface area contributed by atoms with Gasteiger partial charge in [0.1, 0.15) is 0 Å². The molecular weight excluding hydrogens is 266 g/mol. The van der Waals surface area contributed by atoms with E-state index >= 15 is 0 Å². The van der Waals surface area contributed by atoms with E-state index in [1.165, 1.54) is 0 Å². The van der Waals surface area contributed by atoms with Crippen molar-refractivity contribution >= 4 is 0 Å². The van der Waals surface area contributed by atoms with Crippen molar-refractivity contribution in [2.45, 2.75) is 19.6 Å². The first-order valence-electron chi connectivity index (χ1n) is 8.65. The van der Waals surface area contributed by atoms with Gasteiger partial charge in [-0.3, -0.25) is 4.90 Å². The molecule has 0 amide bonds. The van der Waals surface area contributed by atoms with Crippen molar-refractivity contribution in [2.24, 2.45) is 0 Å². The van der Waals surface area contributed by atoms with Crippen molar-refractivity contribution in [3.05, 3.63) is 108 Å². The maximum atomic E-state index is 8.71. The zero-order valence-electron chi connectivity index (χ0n) is 14.5. The van der Waals surface area contributed by atoms with Gasteiger partial charge in [-0.2, -0.15) is 0 Å². The van der Waals surface area contributed by atoms with Crippen LogP contribution in [0.5, 0.6) is 0 Å². The van der Waals surface area contributed by atoms with Crippen molar-refractivity contribution < 1.29 is 2.74 Å². The Labute approximate surface area is 135 Å². The molecule has 110 valence electrons. The SMILES string of the molecule is [2H]C(c1ccccc1)N(Cc1ccccc1)C([2H])c1ccccc1. The second-order valence-electron chi connectivity index (χ2n) is 5.24. The summed E-state index contributed by atoms with van der Waals surface area (Å²) in [5, 5.41) is 0. The standard InChI is InChI=1S/C21H21N/c1-4-10-19(11-5-1)16-22(17-20-12-6-2-7-13-20)18-21-14-8-3-9-15-21/h1-15H,16-18H2/i16D,17D. The Bertz CT molecular complexity index is 686. The van der Waals surface area contributed by atoms with Gasteiger partial charge in [0, 0.05) is 22.3 Å². The van der Waals surface area contributed by atoms with Crippen LogP contribution in [0.3, 0.4) is 0 Å². The van der Waals surface area contributed by atoms with Crippen molar-refractivity contribution in [1.82, 2.24) is 4.90 Å². The average molecular weight is 289 g/mol. The Morgan fingerprint density at radius 2 is 0.909 bits per heavy atom. The van der Waals surface area contributed by atoms with E-state index in [-0.39, 0.29) is 0 Å². The molecule has 0 bridgehead atoms. The summed E-state index contributed by atoms with van der Waals surface area (Å²) in [6.07, 6.45) is 0. The van der Waals surface area contributed by atoms with Gasteiger partial charge >= 0.3 is 0 Å². The Hall–Kier alpha value is -2.38. The van der Waals surface area contributed by atoms with Crippen molar-refractivity contribution in [3.63, 3.8) is 0 Å². The van der Waals surface area contributed by atoms with Gasteiger partial charge in [0.15, 0.2) is 0 Å². The first-order chi connectivity index (χ1) is 11.8. The van der Waals surface area contributed by atoms with Crippen molar-refractivity contribution in [3.8, 4) is 0 Å². The molecule has 0 radical (unpaired) electrons. The van der Waals surface area contributed by atoms with Crippen LogP contribution in [-0.2, 0) is 19.6 Å². The fraction of sp³-hybridized carbons (Fsp3) is 0.143. The first kappa shape index (κ1) is 12.2. The van der Waals surface area contributed by atoms with E-state index in [1.54, 1.807) is 0 Å². The lowest BCUT2D eigenvalue weighted by molar-refractivity contribution is 0.247. The molecule has 0 aliphatic rings.